The fourth-order valence-corrected chi connectivity index (χ4v) is 3.10. The molecule has 0 spiro atoms. The van der Waals surface area contributed by atoms with Gasteiger partial charge in [0.25, 0.3) is 10.1 Å². The zero-order valence-electron chi connectivity index (χ0n) is 7.98. The lowest BCUT2D eigenvalue weighted by Crippen LogP contribution is -2.20. The van der Waals surface area contributed by atoms with E-state index in [2.05, 4.69) is 0 Å². The van der Waals surface area contributed by atoms with E-state index >= 15 is 0 Å². The third kappa shape index (κ3) is 2.51. The van der Waals surface area contributed by atoms with Crippen LogP contribution in [0.5, 0.6) is 0 Å². The van der Waals surface area contributed by atoms with E-state index in [4.69, 9.17) is 16.2 Å². The van der Waals surface area contributed by atoms with Crippen LogP contribution in [0.15, 0.2) is 24.3 Å². The summed E-state index contributed by atoms with van der Waals surface area (Å²) < 4.78 is 30.6. The zero-order chi connectivity index (χ0) is 11.1. The fourth-order valence-electron chi connectivity index (χ4n) is 1.82. The number of hydrogen-bond acceptors (Lipinski definition) is 2. The Morgan fingerprint density at radius 2 is 1.80 bits per heavy atom. The minimum atomic E-state index is -3.91. The average molecular weight is 247 g/mol. The second-order valence-corrected chi connectivity index (χ2v) is 5.90. The van der Waals surface area contributed by atoms with Crippen molar-refractivity contribution in [1.82, 2.24) is 0 Å². The van der Waals surface area contributed by atoms with Gasteiger partial charge in [-0.1, -0.05) is 23.7 Å². The van der Waals surface area contributed by atoms with E-state index < -0.39 is 10.1 Å². The molecule has 1 aromatic rings. The van der Waals surface area contributed by atoms with Gasteiger partial charge in [0.15, 0.2) is 0 Å². The summed E-state index contributed by atoms with van der Waals surface area (Å²) in [7, 11) is -3.91. The molecule has 0 radical (unpaired) electrons. The van der Waals surface area contributed by atoms with Crippen LogP contribution in [-0.4, -0.2) is 18.7 Å². The van der Waals surface area contributed by atoms with Crippen LogP contribution in [0.2, 0.25) is 5.02 Å². The smallest absolute Gasteiger partial charge is 0.265 e. The summed E-state index contributed by atoms with van der Waals surface area (Å²) in [6.45, 7) is 0. The van der Waals surface area contributed by atoms with Crippen LogP contribution in [0, 0.1) is 0 Å². The Hall–Kier alpha value is -0.580. The molecule has 0 bridgehead atoms. The van der Waals surface area contributed by atoms with Gasteiger partial charge in [0.1, 0.15) is 0 Å². The van der Waals surface area contributed by atoms with Crippen LogP contribution < -0.4 is 0 Å². The van der Waals surface area contributed by atoms with Crippen LogP contribution in [-0.2, 0) is 15.5 Å². The van der Waals surface area contributed by atoms with Gasteiger partial charge in [0.2, 0.25) is 0 Å². The Bertz CT molecular complexity index is 460. The van der Waals surface area contributed by atoms with Crippen molar-refractivity contribution in [2.24, 2.45) is 0 Å². The fraction of sp³-hybridized carbons (Fsp3) is 0.400. The first-order valence-electron chi connectivity index (χ1n) is 4.63. The van der Waals surface area contributed by atoms with Crippen molar-refractivity contribution in [3.8, 4) is 0 Å². The highest BCUT2D eigenvalue weighted by atomic mass is 35.5. The summed E-state index contributed by atoms with van der Waals surface area (Å²) in [6, 6.07) is 7.11. The van der Waals surface area contributed by atoms with E-state index in [-0.39, 0.29) is 11.2 Å². The summed E-state index contributed by atoms with van der Waals surface area (Å²) in [4.78, 5) is 0. The molecule has 1 saturated carbocycles. The molecule has 1 aromatic carbocycles. The SMILES string of the molecule is O=S(=O)(O)CC1(c2ccc(Cl)cc2)CC1. The average Bonchev–Trinajstić information content (AvgIpc) is 2.83. The molecule has 0 atom stereocenters. The highest BCUT2D eigenvalue weighted by Crippen LogP contribution is 2.49. The summed E-state index contributed by atoms with van der Waals surface area (Å²) in [6.07, 6.45) is 1.60. The first-order chi connectivity index (χ1) is 6.91. The van der Waals surface area contributed by atoms with E-state index in [0.717, 1.165) is 18.4 Å². The molecule has 0 amide bonds. The number of benzene rings is 1. The van der Waals surface area contributed by atoms with Crippen molar-refractivity contribution in [3.05, 3.63) is 34.9 Å². The van der Waals surface area contributed by atoms with E-state index in [1.54, 1.807) is 12.1 Å². The maximum Gasteiger partial charge on any atom is 0.265 e. The molecule has 0 saturated heterocycles. The van der Waals surface area contributed by atoms with Gasteiger partial charge < -0.3 is 0 Å². The summed E-state index contributed by atoms with van der Waals surface area (Å²) in [5, 5.41) is 0.626. The van der Waals surface area contributed by atoms with E-state index in [0.29, 0.717) is 5.02 Å². The Balaban J connectivity index is 2.27. The molecule has 0 aliphatic heterocycles. The van der Waals surface area contributed by atoms with Crippen LogP contribution in [0.4, 0.5) is 0 Å². The van der Waals surface area contributed by atoms with Crippen LogP contribution in [0.1, 0.15) is 18.4 Å². The Morgan fingerprint density at radius 3 is 2.20 bits per heavy atom. The standard InChI is InChI=1S/C10H11ClO3S/c11-9-3-1-8(2-4-9)10(5-6-10)7-15(12,13)14/h1-4H,5-7H2,(H,12,13,14). The van der Waals surface area contributed by atoms with Crippen molar-refractivity contribution in [2.75, 3.05) is 5.75 Å². The molecule has 0 heterocycles. The van der Waals surface area contributed by atoms with E-state index in [9.17, 15) is 8.42 Å². The highest BCUT2D eigenvalue weighted by Gasteiger charge is 2.47. The van der Waals surface area contributed by atoms with Crippen LogP contribution in [0.3, 0.4) is 0 Å². The van der Waals surface area contributed by atoms with Gasteiger partial charge in [0, 0.05) is 10.4 Å². The molecule has 15 heavy (non-hydrogen) atoms. The van der Waals surface area contributed by atoms with Crippen LogP contribution in [0.25, 0.3) is 0 Å². The second-order valence-electron chi connectivity index (χ2n) is 4.01. The number of hydrogen-bond donors (Lipinski definition) is 1. The minimum absolute atomic E-state index is 0.193. The molecular weight excluding hydrogens is 236 g/mol. The quantitative estimate of drug-likeness (QED) is 0.833. The lowest BCUT2D eigenvalue weighted by Gasteiger charge is -2.13. The molecule has 5 heteroatoms. The van der Waals surface area contributed by atoms with E-state index in [1.165, 1.54) is 0 Å². The first kappa shape index (κ1) is 10.9. The Morgan fingerprint density at radius 1 is 1.27 bits per heavy atom. The molecule has 0 aromatic heterocycles. The molecular formula is C10H11ClO3S. The molecule has 3 nitrogen and oxygen atoms in total. The predicted molar refractivity (Wildman–Crippen MR) is 58.8 cm³/mol. The van der Waals surface area contributed by atoms with Gasteiger partial charge in [-0.3, -0.25) is 4.55 Å². The molecule has 1 aliphatic carbocycles. The van der Waals surface area contributed by atoms with Crippen molar-refractivity contribution in [3.63, 3.8) is 0 Å². The lowest BCUT2D eigenvalue weighted by atomic mass is 9.98. The monoisotopic (exact) mass is 246 g/mol. The summed E-state index contributed by atoms with van der Waals surface area (Å²) in [5.41, 5.74) is 0.558. The third-order valence-corrected chi connectivity index (χ3v) is 3.94. The maximum atomic E-state index is 10.9. The van der Waals surface area contributed by atoms with Gasteiger partial charge in [-0.25, -0.2) is 0 Å². The molecule has 2 rings (SSSR count). The van der Waals surface area contributed by atoms with Gasteiger partial charge >= 0.3 is 0 Å². The topological polar surface area (TPSA) is 54.4 Å². The van der Waals surface area contributed by atoms with Gasteiger partial charge in [-0.05, 0) is 30.5 Å². The largest absolute Gasteiger partial charge is 0.286 e. The van der Waals surface area contributed by atoms with Crippen molar-refractivity contribution < 1.29 is 13.0 Å². The van der Waals surface area contributed by atoms with E-state index in [1.807, 2.05) is 12.1 Å². The van der Waals surface area contributed by atoms with Crippen molar-refractivity contribution in [2.45, 2.75) is 18.3 Å². The normalized spacial score (nSPS) is 18.8. The Labute approximate surface area is 93.8 Å². The Kier molecular flexibility index (Phi) is 2.53. The van der Waals surface area contributed by atoms with Gasteiger partial charge in [0.05, 0.1) is 5.75 Å². The molecule has 1 aliphatic rings. The van der Waals surface area contributed by atoms with Crippen LogP contribution >= 0.6 is 11.6 Å². The van der Waals surface area contributed by atoms with Gasteiger partial charge in [-0.15, -0.1) is 0 Å². The highest BCUT2D eigenvalue weighted by molar-refractivity contribution is 7.85. The maximum absolute atomic E-state index is 10.9. The molecule has 1 fully saturated rings. The van der Waals surface area contributed by atoms with Crippen molar-refractivity contribution in [1.29, 1.82) is 0 Å². The second kappa shape index (κ2) is 3.47. The summed E-state index contributed by atoms with van der Waals surface area (Å²) in [5.74, 6) is -0.193. The predicted octanol–water partition coefficient (Wildman–Crippen LogP) is 2.26. The zero-order valence-corrected chi connectivity index (χ0v) is 9.55. The summed E-state index contributed by atoms with van der Waals surface area (Å²) >= 11 is 5.75. The molecule has 0 unspecified atom stereocenters. The molecule has 1 N–H and O–H groups in total. The third-order valence-electron chi connectivity index (χ3n) is 2.77. The number of halogens is 1. The first-order valence-corrected chi connectivity index (χ1v) is 6.61. The lowest BCUT2D eigenvalue weighted by molar-refractivity contribution is 0.475. The van der Waals surface area contributed by atoms with Crippen molar-refractivity contribution >= 4 is 21.7 Å². The minimum Gasteiger partial charge on any atom is -0.286 e. The molecule has 82 valence electrons. The van der Waals surface area contributed by atoms with Gasteiger partial charge in [-0.2, -0.15) is 8.42 Å². The number of rotatable bonds is 3.